The van der Waals surface area contributed by atoms with Crippen molar-refractivity contribution >= 4 is 5.91 Å². The molecule has 1 amide bonds. The van der Waals surface area contributed by atoms with Gasteiger partial charge in [-0.15, -0.1) is 0 Å². The van der Waals surface area contributed by atoms with E-state index in [0.29, 0.717) is 18.8 Å². The third kappa shape index (κ3) is 4.53. The Kier molecular flexibility index (Phi) is 5.57. The molecule has 126 valence electrons. The van der Waals surface area contributed by atoms with Crippen molar-refractivity contribution in [2.24, 2.45) is 5.84 Å². The maximum atomic E-state index is 11.5. The van der Waals surface area contributed by atoms with Crippen LogP contribution in [0.5, 0.6) is 0 Å². The van der Waals surface area contributed by atoms with Crippen LogP contribution in [0.2, 0.25) is 0 Å². The molecule has 0 radical (unpaired) electrons. The number of rotatable bonds is 6. The molecule has 0 heterocycles. The number of nitrogens with one attached hydrogen (secondary N) is 1. The Bertz CT molecular complexity index is 813. The second-order valence-corrected chi connectivity index (χ2v) is 5.73. The average molecular weight is 332 g/mol. The highest BCUT2D eigenvalue weighted by Crippen LogP contribution is 2.21. The van der Waals surface area contributed by atoms with Crippen molar-refractivity contribution in [3.05, 3.63) is 95.6 Å². The second-order valence-electron chi connectivity index (χ2n) is 5.73. The maximum absolute atomic E-state index is 11.5. The molecule has 0 aliphatic heterocycles. The summed E-state index contributed by atoms with van der Waals surface area (Å²) >= 11 is 0. The third-order valence-electron chi connectivity index (χ3n) is 3.95. The summed E-state index contributed by atoms with van der Waals surface area (Å²) in [5.74, 6) is 4.84. The summed E-state index contributed by atoms with van der Waals surface area (Å²) in [5, 5.41) is 0. The van der Waals surface area contributed by atoms with Crippen molar-refractivity contribution in [2.45, 2.75) is 13.2 Å². The molecule has 0 saturated heterocycles. The van der Waals surface area contributed by atoms with Gasteiger partial charge in [0.1, 0.15) is 0 Å². The van der Waals surface area contributed by atoms with E-state index < -0.39 is 0 Å². The monoisotopic (exact) mass is 332 g/mol. The van der Waals surface area contributed by atoms with Gasteiger partial charge in [0.05, 0.1) is 13.2 Å². The Morgan fingerprint density at radius 2 is 1.28 bits per heavy atom. The van der Waals surface area contributed by atoms with E-state index in [4.69, 9.17) is 10.6 Å². The van der Waals surface area contributed by atoms with E-state index >= 15 is 0 Å². The fourth-order valence-corrected chi connectivity index (χ4v) is 2.55. The number of hydrogen-bond donors (Lipinski definition) is 2. The molecule has 3 N–H and O–H groups in total. The lowest BCUT2D eigenvalue weighted by Crippen LogP contribution is -2.29. The maximum Gasteiger partial charge on any atom is 0.265 e. The zero-order chi connectivity index (χ0) is 17.5. The van der Waals surface area contributed by atoms with Gasteiger partial charge in [-0.1, -0.05) is 66.7 Å². The second kappa shape index (κ2) is 8.24. The molecule has 0 fully saturated rings. The van der Waals surface area contributed by atoms with Crippen LogP contribution >= 0.6 is 0 Å². The highest BCUT2D eigenvalue weighted by Gasteiger charge is 2.04. The van der Waals surface area contributed by atoms with Gasteiger partial charge in [-0.25, -0.2) is 5.84 Å². The Labute approximate surface area is 147 Å². The molecule has 0 spiro atoms. The summed E-state index contributed by atoms with van der Waals surface area (Å²) in [4.78, 5) is 11.5. The molecule has 25 heavy (non-hydrogen) atoms. The minimum absolute atomic E-state index is 0.294. The molecule has 3 aromatic rings. The van der Waals surface area contributed by atoms with Crippen LogP contribution in [0.15, 0.2) is 78.9 Å². The normalized spacial score (nSPS) is 10.4. The van der Waals surface area contributed by atoms with Crippen molar-refractivity contribution in [3.63, 3.8) is 0 Å². The number of hydrogen-bond acceptors (Lipinski definition) is 3. The molecular weight excluding hydrogens is 312 g/mol. The number of hydrazine groups is 1. The van der Waals surface area contributed by atoms with Crippen molar-refractivity contribution in [2.75, 3.05) is 0 Å². The number of carbonyl (C=O) groups is 1. The van der Waals surface area contributed by atoms with Gasteiger partial charge in [-0.3, -0.25) is 10.2 Å². The van der Waals surface area contributed by atoms with Crippen molar-refractivity contribution in [3.8, 4) is 11.1 Å². The first-order valence-electron chi connectivity index (χ1n) is 8.08. The smallest absolute Gasteiger partial charge is 0.265 e. The van der Waals surface area contributed by atoms with Crippen LogP contribution in [0.3, 0.4) is 0 Å². The summed E-state index contributed by atoms with van der Waals surface area (Å²) < 4.78 is 5.75. The van der Waals surface area contributed by atoms with E-state index in [0.717, 1.165) is 16.7 Å². The number of benzene rings is 3. The number of amides is 1. The van der Waals surface area contributed by atoms with Crippen LogP contribution < -0.4 is 11.3 Å². The van der Waals surface area contributed by atoms with E-state index in [1.807, 2.05) is 30.3 Å². The van der Waals surface area contributed by atoms with Gasteiger partial charge in [-0.05, 0) is 34.4 Å². The van der Waals surface area contributed by atoms with Gasteiger partial charge in [0, 0.05) is 5.56 Å². The minimum Gasteiger partial charge on any atom is -0.372 e. The van der Waals surface area contributed by atoms with Crippen molar-refractivity contribution < 1.29 is 9.53 Å². The summed E-state index contributed by atoms with van der Waals surface area (Å²) in [6.07, 6.45) is 0. The van der Waals surface area contributed by atoms with Crippen LogP contribution in [0.4, 0.5) is 0 Å². The first-order chi connectivity index (χ1) is 12.3. The Morgan fingerprint density at radius 1 is 0.760 bits per heavy atom. The quantitative estimate of drug-likeness (QED) is 0.411. The summed E-state index contributed by atoms with van der Waals surface area (Å²) in [6.45, 7) is 1.18. The van der Waals surface area contributed by atoms with Gasteiger partial charge < -0.3 is 4.74 Å². The molecule has 0 unspecified atom stereocenters. The molecule has 0 aliphatic rings. The number of ether oxygens (including phenoxy) is 1. The lowest BCUT2D eigenvalue weighted by molar-refractivity contribution is 0.0953. The molecule has 0 bridgehead atoms. The zero-order valence-electron chi connectivity index (χ0n) is 13.8. The van der Waals surface area contributed by atoms with Gasteiger partial charge in [-0.2, -0.15) is 0 Å². The van der Waals surface area contributed by atoms with Gasteiger partial charge >= 0.3 is 0 Å². The molecule has 0 atom stereocenters. The van der Waals surface area contributed by atoms with Gasteiger partial charge in [0.2, 0.25) is 0 Å². The van der Waals surface area contributed by atoms with Crippen LogP contribution in [0, 0.1) is 0 Å². The predicted molar refractivity (Wildman–Crippen MR) is 98.5 cm³/mol. The summed E-state index contributed by atoms with van der Waals surface area (Å²) in [6, 6.07) is 25.7. The molecular formula is C21H20N2O2. The fourth-order valence-electron chi connectivity index (χ4n) is 2.55. The summed E-state index contributed by atoms with van der Waals surface area (Å²) in [7, 11) is 0. The Morgan fingerprint density at radius 3 is 1.84 bits per heavy atom. The van der Waals surface area contributed by atoms with E-state index in [1.54, 1.807) is 12.1 Å². The largest absolute Gasteiger partial charge is 0.372 e. The summed E-state index contributed by atoms with van der Waals surface area (Å²) in [5.41, 5.74) is 7.09. The SMILES string of the molecule is NNC(=O)c1ccc(-c2ccc(COCc3ccccc3)cc2)cc1. The van der Waals surface area contributed by atoms with Crippen LogP contribution in [-0.2, 0) is 18.0 Å². The molecule has 3 aromatic carbocycles. The van der Waals surface area contributed by atoms with Crippen LogP contribution in [-0.4, -0.2) is 5.91 Å². The molecule has 0 aromatic heterocycles. The lowest BCUT2D eigenvalue weighted by Gasteiger charge is -2.07. The first kappa shape index (κ1) is 16.9. The van der Waals surface area contributed by atoms with E-state index in [2.05, 4.69) is 41.8 Å². The Balaban J connectivity index is 1.59. The molecule has 3 rings (SSSR count). The predicted octanol–water partition coefficient (Wildman–Crippen LogP) is 3.67. The number of nitrogens with two attached hydrogens (primary N) is 1. The zero-order valence-corrected chi connectivity index (χ0v) is 13.8. The average Bonchev–Trinajstić information content (AvgIpc) is 2.69. The standard InChI is InChI=1S/C21H20N2O2/c22-23-21(24)20-12-10-19(11-13-20)18-8-6-17(7-9-18)15-25-14-16-4-2-1-3-5-16/h1-13H,14-15,22H2,(H,23,24). The minimum atomic E-state index is -0.294. The lowest BCUT2D eigenvalue weighted by atomic mass is 10.0. The van der Waals surface area contributed by atoms with Crippen molar-refractivity contribution in [1.82, 2.24) is 5.43 Å². The third-order valence-corrected chi connectivity index (χ3v) is 3.95. The number of nitrogen functional groups attached to an aromatic ring is 1. The highest BCUT2D eigenvalue weighted by atomic mass is 16.5. The first-order valence-corrected chi connectivity index (χ1v) is 8.08. The topological polar surface area (TPSA) is 64.3 Å². The molecule has 0 saturated carbocycles. The molecule has 4 nitrogen and oxygen atoms in total. The fraction of sp³-hybridized carbons (Fsp3) is 0.0952. The van der Waals surface area contributed by atoms with Gasteiger partial charge in [0.25, 0.3) is 5.91 Å². The molecule has 4 heteroatoms. The highest BCUT2D eigenvalue weighted by molar-refractivity contribution is 5.94. The van der Waals surface area contributed by atoms with Crippen LogP contribution in [0.1, 0.15) is 21.5 Å². The number of carbonyl (C=O) groups excluding carboxylic acids is 1. The van der Waals surface area contributed by atoms with Gasteiger partial charge in [0.15, 0.2) is 0 Å². The van der Waals surface area contributed by atoms with E-state index in [1.165, 1.54) is 5.56 Å². The van der Waals surface area contributed by atoms with E-state index in [-0.39, 0.29) is 5.91 Å². The Hall–Kier alpha value is -2.95. The molecule has 0 aliphatic carbocycles. The van der Waals surface area contributed by atoms with Crippen LogP contribution in [0.25, 0.3) is 11.1 Å². The van der Waals surface area contributed by atoms with Crippen molar-refractivity contribution in [1.29, 1.82) is 0 Å². The van der Waals surface area contributed by atoms with E-state index in [9.17, 15) is 4.79 Å².